The molecule has 1 unspecified atom stereocenters. The van der Waals surface area contributed by atoms with Crippen LogP contribution in [0.2, 0.25) is 0 Å². The van der Waals surface area contributed by atoms with Gasteiger partial charge in [0.15, 0.2) is 0 Å². The Morgan fingerprint density at radius 3 is 2.52 bits per heavy atom. The van der Waals surface area contributed by atoms with Gasteiger partial charge in [0.1, 0.15) is 0 Å². The first-order valence-electron chi connectivity index (χ1n) is 8.08. The highest BCUT2D eigenvalue weighted by molar-refractivity contribution is 7.17. The number of fused-ring (bicyclic) bond motifs is 1. The Bertz CT molecular complexity index is 570. The molecule has 0 bridgehead atoms. The van der Waals surface area contributed by atoms with Crippen LogP contribution in [0.4, 0.5) is 0 Å². The van der Waals surface area contributed by atoms with Crippen molar-refractivity contribution in [1.29, 1.82) is 0 Å². The largest absolute Gasteiger partial charge is 0.316 e. The van der Waals surface area contributed by atoms with Gasteiger partial charge in [-0.15, -0.1) is 11.3 Å². The first-order valence-corrected chi connectivity index (χ1v) is 8.96. The van der Waals surface area contributed by atoms with Crippen molar-refractivity contribution in [3.8, 4) is 0 Å². The molecule has 0 aliphatic heterocycles. The summed E-state index contributed by atoms with van der Waals surface area (Å²) >= 11 is 1.87. The minimum absolute atomic E-state index is 0.304. The van der Waals surface area contributed by atoms with E-state index in [4.69, 9.17) is 0 Å². The van der Waals surface area contributed by atoms with Crippen LogP contribution in [-0.2, 0) is 6.42 Å². The highest BCUT2D eigenvalue weighted by atomic mass is 32.1. The SMILES string of the molecule is CC(C)CNCC(C)(Cc1csc2ccccc12)C(C)C. The smallest absolute Gasteiger partial charge is 0.0345 e. The van der Waals surface area contributed by atoms with Crippen LogP contribution in [0.15, 0.2) is 29.6 Å². The van der Waals surface area contributed by atoms with Gasteiger partial charge in [0, 0.05) is 11.2 Å². The molecule has 0 fully saturated rings. The van der Waals surface area contributed by atoms with Gasteiger partial charge in [0.05, 0.1) is 0 Å². The van der Waals surface area contributed by atoms with E-state index >= 15 is 0 Å². The quantitative estimate of drug-likeness (QED) is 0.727. The lowest BCUT2D eigenvalue weighted by molar-refractivity contribution is 0.205. The number of thiophene rings is 1. The van der Waals surface area contributed by atoms with E-state index in [9.17, 15) is 0 Å². The minimum Gasteiger partial charge on any atom is -0.316 e. The van der Waals surface area contributed by atoms with Crippen LogP contribution in [0.25, 0.3) is 10.1 Å². The van der Waals surface area contributed by atoms with E-state index in [0.717, 1.165) is 19.5 Å². The summed E-state index contributed by atoms with van der Waals surface area (Å²) in [6.07, 6.45) is 1.15. The third kappa shape index (κ3) is 4.08. The first kappa shape index (κ1) is 16.5. The predicted octanol–water partition coefficient (Wildman–Crippen LogP) is 5.35. The zero-order chi connectivity index (χ0) is 15.5. The Morgan fingerprint density at radius 1 is 1.14 bits per heavy atom. The fourth-order valence-corrected chi connectivity index (χ4v) is 3.68. The molecule has 1 aromatic carbocycles. The summed E-state index contributed by atoms with van der Waals surface area (Å²) in [7, 11) is 0. The monoisotopic (exact) mass is 303 g/mol. The fourth-order valence-electron chi connectivity index (χ4n) is 2.72. The van der Waals surface area contributed by atoms with Crippen LogP contribution in [0.5, 0.6) is 0 Å². The van der Waals surface area contributed by atoms with Crippen LogP contribution in [0.3, 0.4) is 0 Å². The van der Waals surface area contributed by atoms with Gasteiger partial charge in [-0.2, -0.15) is 0 Å². The number of hydrogen-bond acceptors (Lipinski definition) is 2. The molecule has 0 radical (unpaired) electrons. The van der Waals surface area contributed by atoms with E-state index in [1.165, 1.54) is 15.6 Å². The van der Waals surface area contributed by atoms with E-state index in [0.29, 0.717) is 17.3 Å². The van der Waals surface area contributed by atoms with E-state index < -0.39 is 0 Å². The highest BCUT2D eigenvalue weighted by Gasteiger charge is 2.29. The molecular formula is C19H29NS. The van der Waals surface area contributed by atoms with Crippen molar-refractivity contribution in [2.45, 2.75) is 41.0 Å². The topological polar surface area (TPSA) is 12.0 Å². The molecule has 0 aliphatic carbocycles. The minimum atomic E-state index is 0.304. The molecule has 2 aromatic rings. The molecule has 2 rings (SSSR count). The Kier molecular flexibility index (Phi) is 5.45. The maximum Gasteiger partial charge on any atom is 0.0345 e. The average molecular weight is 304 g/mol. The maximum absolute atomic E-state index is 3.67. The third-order valence-corrected chi connectivity index (χ3v) is 5.64. The molecule has 2 heteroatoms. The summed E-state index contributed by atoms with van der Waals surface area (Å²) in [5.74, 6) is 1.37. The zero-order valence-electron chi connectivity index (χ0n) is 14.1. The number of rotatable bonds is 7. The van der Waals surface area contributed by atoms with Gasteiger partial charge in [-0.3, -0.25) is 0 Å². The molecule has 1 nitrogen and oxygen atoms in total. The van der Waals surface area contributed by atoms with Crippen LogP contribution in [-0.4, -0.2) is 13.1 Å². The van der Waals surface area contributed by atoms with Crippen molar-refractivity contribution < 1.29 is 0 Å². The van der Waals surface area contributed by atoms with Gasteiger partial charge in [-0.05, 0) is 52.6 Å². The lowest BCUT2D eigenvalue weighted by Gasteiger charge is -2.34. The summed E-state index contributed by atoms with van der Waals surface area (Å²) in [5, 5.41) is 7.47. The number of hydrogen-bond donors (Lipinski definition) is 1. The molecule has 116 valence electrons. The summed E-state index contributed by atoms with van der Waals surface area (Å²) < 4.78 is 1.41. The molecule has 0 amide bonds. The lowest BCUT2D eigenvalue weighted by Crippen LogP contribution is -2.39. The van der Waals surface area contributed by atoms with Crippen LogP contribution in [0.1, 0.15) is 40.2 Å². The normalized spacial score (nSPS) is 15.0. The van der Waals surface area contributed by atoms with Crippen LogP contribution >= 0.6 is 11.3 Å². The molecule has 1 atom stereocenters. The molecule has 0 saturated heterocycles. The van der Waals surface area contributed by atoms with Crippen molar-refractivity contribution in [2.75, 3.05) is 13.1 Å². The second-order valence-corrected chi connectivity index (χ2v) is 8.18. The maximum atomic E-state index is 3.67. The lowest BCUT2D eigenvalue weighted by atomic mass is 9.74. The van der Waals surface area contributed by atoms with Crippen molar-refractivity contribution >= 4 is 21.4 Å². The molecule has 0 spiro atoms. The summed E-state index contributed by atoms with van der Waals surface area (Å²) in [6, 6.07) is 8.79. The molecule has 1 aromatic heterocycles. The molecule has 1 N–H and O–H groups in total. The van der Waals surface area contributed by atoms with E-state index in [-0.39, 0.29) is 0 Å². The van der Waals surface area contributed by atoms with E-state index in [2.05, 4.69) is 69.6 Å². The molecular weight excluding hydrogens is 274 g/mol. The summed E-state index contributed by atoms with van der Waals surface area (Å²) in [5.41, 5.74) is 1.82. The van der Waals surface area contributed by atoms with E-state index in [1.54, 1.807) is 0 Å². The Morgan fingerprint density at radius 2 is 1.86 bits per heavy atom. The second kappa shape index (κ2) is 6.93. The Labute approximate surface area is 133 Å². The Balaban J connectivity index is 2.15. The van der Waals surface area contributed by atoms with Gasteiger partial charge in [0.2, 0.25) is 0 Å². The molecule has 1 heterocycles. The van der Waals surface area contributed by atoms with Crippen molar-refractivity contribution in [2.24, 2.45) is 17.3 Å². The van der Waals surface area contributed by atoms with Crippen molar-refractivity contribution in [1.82, 2.24) is 5.32 Å². The third-order valence-electron chi connectivity index (χ3n) is 4.63. The van der Waals surface area contributed by atoms with E-state index in [1.807, 2.05) is 11.3 Å². The Hall–Kier alpha value is -0.860. The van der Waals surface area contributed by atoms with Crippen LogP contribution < -0.4 is 5.32 Å². The zero-order valence-corrected chi connectivity index (χ0v) is 14.9. The fraction of sp³-hybridized carbons (Fsp3) is 0.579. The average Bonchev–Trinajstić information content (AvgIpc) is 2.81. The first-order chi connectivity index (χ1) is 9.92. The number of benzene rings is 1. The number of nitrogens with one attached hydrogen (secondary N) is 1. The second-order valence-electron chi connectivity index (χ2n) is 7.27. The van der Waals surface area contributed by atoms with Gasteiger partial charge < -0.3 is 5.32 Å². The highest BCUT2D eigenvalue weighted by Crippen LogP contribution is 2.35. The standard InChI is InChI=1S/C19H29NS/c1-14(2)11-20-13-19(5,15(3)4)10-16-12-21-18-9-7-6-8-17(16)18/h6-9,12,14-15,20H,10-11,13H2,1-5H3. The predicted molar refractivity (Wildman–Crippen MR) is 96.2 cm³/mol. The van der Waals surface area contributed by atoms with Crippen molar-refractivity contribution in [3.63, 3.8) is 0 Å². The van der Waals surface area contributed by atoms with Gasteiger partial charge in [-0.1, -0.05) is 52.8 Å². The summed E-state index contributed by atoms with van der Waals surface area (Å²) in [6.45, 7) is 13.9. The summed E-state index contributed by atoms with van der Waals surface area (Å²) in [4.78, 5) is 0. The molecule has 0 saturated carbocycles. The van der Waals surface area contributed by atoms with Gasteiger partial charge in [0.25, 0.3) is 0 Å². The van der Waals surface area contributed by atoms with Crippen LogP contribution in [0, 0.1) is 17.3 Å². The van der Waals surface area contributed by atoms with Crippen molar-refractivity contribution in [3.05, 3.63) is 35.2 Å². The molecule has 21 heavy (non-hydrogen) atoms. The molecule has 0 aliphatic rings. The van der Waals surface area contributed by atoms with Gasteiger partial charge >= 0.3 is 0 Å². The van der Waals surface area contributed by atoms with Gasteiger partial charge in [-0.25, -0.2) is 0 Å².